The standard InChI is InChI=1S/C24H32N2O3/c1-17-12-18(2)14-20(13-17)21-6-5-11-26(21)16-24(27)25-10-9-19-7-8-22(28-3)23(15-19)29-4/h7-8,12-15,21H,5-6,9-11,16H2,1-4H3,(H,25,27). The smallest absolute Gasteiger partial charge is 0.234 e. The van der Waals surface area contributed by atoms with Crippen molar-refractivity contribution < 1.29 is 14.3 Å². The molecule has 1 atom stereocenters. The van der Waals surface area contributed by atoms with Gasteiger partial charge >= 0.3 is 0 Å². The molecular formula is C24H32N2O3. The molecule has 156 valence electrons. The monoisotopic (exact) mass is 396 g/mol. The molecule has 2 aromatic rings. The molecule has 1 aliphatic heterocycles. The normalized spacial score (nSPS) is 16.6. The van der Waals surface area contributed by atoms with Crippen LogP contribution in [0.5, 0.6) is 11.5 Å². The lowest BCUT2D eigenvalue weighted by molar-refractivity contribution is -0.122. The predicted octanol–water partition coefficient (Wildman–Crippen LogP) is 3.82. The third-order valence-electron chi connectivity index (χ3n) is 5.52. The van der Waals surface area contributed by atoms with Crippen LogP contribution in [-0.4, -0.2) is 44.7 Å². The third-order valence-corrected chi connectivity index (χ3v) is 5.52. The number of carbonyl (C=O) groups excluding carboxylic acids is 1. The topological polar surface area (TPSA) is 50.8 Å². The van der Waals surface area contributed by atoms with E-state index in [4.69, 9.17) is 9.47 Å². The van der Waals surface area contributed by atoms with Crippen LogP contribution in [0.25, 0.3) is 0 Å². The van der Waals surface area contributed by atoms with Crippen molar-refractivity contribution in [2.45, 2.75) is 39.2 Å². The Labute approximate surface area is 174 Å². The molecular weight excluding hydrogens is 364 g/mol. The van der Waals surface area contributed by atoms with Crippen LogP contribution in [0.3, 0.4) is 0 Å². The van der Waals surface area contributed by atoms with Gasteiger partial charge in [0.1, 0.15) is 0 Å². The molecule has 0 bridgehead atoms. The van der Waals surface area contributed by atoms with E-state index >= 15 is 0 Å². The van der Waals surface area contributed by atoms with Gasteiger partial charge in [0.2, 0.25) is 5.91 Å². The highest BCUT2D eigenvalue weighted by Gasteiger charge is 2.27. The highest BCUT2D eigenvalue weighted by atomic mass is 16.5. The van der Waals surface area contributed by atoms with Crippen LogP contribution in [0, 0.1) is 13.8 Å². The minimum Gasteiger partial charge on any atom is -0.493 e. The molecule has 1 N–H and O–H groups in total. The number of ether oxygens (including phenoxy) is 2. The summed E-state index contributed by atoms with van der Waals surface area (Å²) in [5.41, 5.74) is 5.01. The summed E-state index contributed by atoms with van der Waals surface area (Å²) in [7, 11) is 3.26. The maximum absolute atomic E-state index is 12.5. The number of hydrogen-bond donors (Lipinski definition) is 1. The maximum Gasteiger partial charge on any atom is 0.234 e. The Morgan fingerprint density at radius 1 is 1.07 bits per heavy atom. The summed E-state index contributed by atoms with van der Waals surface area (Å²) >= 11 is 0. The maximum atomic E-state index is 12.5. The number of aryl methyl sites for hydroxylation is 2. The van der Waals surface area contributed by atoms with Gasteiger partial charge in [-0.05, 0) is 62.9 Å². The van der Waals surface area contributed by atoms with Crippen molar-refractivity contribution in [3.8, 4) is 11.5 Å². The Balaban J connectivity index is 1.52. The molecule has 1 saturated heterocycles. The second kappa shape index (κ2) is 9.79. The van der Waals surface area contributed by atoms with Gasteiger partial charge in [0, 0.05) is 12.6 Å². The average Bonchev–Trinajstić information content (AvgIpc) is 3.15. The van der Waals surface area contributed by atoms with Crippen LogP contribution in [-0.2, 0) is 11.2 Å². The van der Waals surface area contributed by atoms with E-state index in [0.29, 0.717) is 30.6 Å². The zero-order valence-electron chi connectivity index (χ0n) is 18.0. The van der Waals surface area contributed by atoms with Crippen LogP contribution >= 0.6 is 0 Å². The van der Waals surface area contributed by atoms with Crippen LogP contribution in [0.4, 0.5) is 0 Å². The highest BCUT2D eigenvalue weighted by Crippen LogP contribution is 2.32. The Hall–Kier alpha value is -2.53. The lowest BCUT2D eigenvalue weighted by Gasteiger charge is -2.25. The van der Waals surface area contributed by atoms with Gasteiger partial charge in [-0.1, -0.05) is 35.4 Å². The van der Waals surface area contributed by atoms with Crippen molar-refractivity contribution in [3.63, 3.8) is 0 Å². The van der Waals surface area contributed by atoms with Crippen LogP contribution < -0.4 is 14.8 Å². The number of nitrogens with one attached hydrogen (secondary N) is 1. The molecule has 5 heteroatoms. The largest absolute Gasteiger partial charge is 0.493 e. The van der Waals surface area contributed by atoms with E-state index in [1.165, 1.54) is 16.7 Å². The molecule has 0 saturated carbocycles. The molecule has 0 aromatic heterocycles. The number of hydrogen-bond acceptors (Lipinski definition) is 4. The number of methoxy groups -OCH3 is 2. The fraction of sp³-hybridized carbons (Fsp3) is 0.458. The second-order valence-electron chi connectivity index (χ2n) is 7.84. The highest BCUT2D eigenvalue weighted by molar-refractivity contribution is 5.78. The number of nitrogens with zero attached hydrogens (tertiary/aromatic N) is 1. The van der Waals surface area contributed by atoms with Crippen LogP contribution in [0.2, 0.25) is 0 Å². The predicted molar refractivity (Wildman–Crippen MR) is 116 cm³/mol. The van der Waals surface area contributed by atoms with E-state index in [0.717, 1.165) is 31.4 Å². The Morgan fingerprint density at radius 2 is 1.79 bits per heavy atom. The summed E-state index contributed by atoms with van der Waals surface area (Å²) in [6, 6.07) is 12.9. The van der Waals surface area contributed by atoms with Gasteiger partial charge in [-0.2, -0.15) is 0 Å². The molecule has 0 spiro atoms. The van der Waals surface area contributed by atoms with Gasteiger partial charge in [-0.25, -0.2) is 0 Å². The summed E-state index contributed by atoms with van der Waals surface area (Å²) in [6.45, 7) is 6.30. The molecule has 3 rings (SSSR count). The van der Waals surface area contributed by atoms with Crippen LogP contribution in [0.15, 0.2) is 36.4 Å². The fourth-order valence-corrected chi connectivity index (χ4v) is 4.22. The van der Waals surface area contributed by atoms with E-state index in [9.17, 15) is 4.79 Å². The summed E-state index contributed by atoms with van der Waals surface area (Å²) in [6.07, 6.45) is 3.00. The van der Waals surface area contributed by atoms with Gasteiger partial charge in [0.05, 0.1) is 20.8 Å². The summed E-state index contributed by atoms with van der Waals surface area (Å²) in [4.78, 5) is 14.8. The van der Waals surface area contributed by atoms with Gasteiger partial charge < -0.3 is 14.8 Å². The minimum atomic E-state index is 0.0850. The first-order valence-corrected chi connectivity index (χ1v) is 10.3. The van der Waals surface area contributed by atoms with Crippen molar-refractivity contribution in [1.29, 1.82) is 0 Å². The first-order valence-electron chi connectivity index (χ1n) is 10.3. The van der Waals surface area contributed by atoms with E-state index < -0.39 is 0 Å². The summed E-state index contributed by atoms with van der Waals surface area (Å²) in [5.74, 6) is 1.51. The third kappa shape index (κ3) is 5.51. The molecule has 1 unspecified atom stereocenters. The van der Waals surface area contributed by atoms with Crippen molar-refractivity contribution in [3.05, 3.63) is 58.7 Å². The lowest BCUT2D eigenvalue weighted by Crippen LogP contribution is -2.37. The van der Waals surface area contributed by atoms with Crippen molar-refractivity contribution in [2.75, 3.05) is 33.9 Å². The average molecular weight is 397 g/mol. The zero-order chi connectivity index (χ0) is 20.8. The molecule has 0 radical (unpaired) electrons. The van der Waals surface area contributed by atoms with E-state index in [2.05, 4.69) is 42.3 Å². The number of amides is 1. The second-order valence-corrected chi connectivity index (χ2v) is 7.84. The zero-order valence-corrected chi connectivity index (χ0v) is 18.0. The Kier molecular flexibility index (Phi) is 7.15. The summed E-state index contributed by atoms with van der Waals surface area (Å²) < 4.78 is 10.6. The molecule has 2 aromatic carbocycles. The van der Waals surface area contributed by atoms with Gasteiger partial charge in [0.25, 0.3) is 0 Å². The molecule has 29 heavy (non-hydrogen) atoms. The molecule has 0 aliphatic carbocycles. The molecule has 5 nitrogen and oxygen atoms in total. The number of rotatable bonds is 8. The molecule has 1 heterocycles. The molecule has 1 aliphatic rings. The number of carbonyl (C=O) groups is 1. The van der Waals surface area contributed by atoms with Gasteiger partial charge in [-0.15, -0.1) is 0 Å². The fourth-order valence-electron chi connectivity index (χ4n) is 4.22. The molecule has 1 amide bonds. The van der Waals surface area contributed by atoms with Crippen molar-refractivity contribution in [2.24, 2.45) is 0 Å². The molecule has 1 fully saturated rings. The van der Waals surface area contributed by atoms with E-state index in [1.807, 2.05) is 18.2 Å². The Morgan fingerprint density at radius 3 is 2.48 bits per heavy atom. The Bertz CT molecular complexity index is 830. The van der Waals surface area contributed by atoms with E-state index in [-0.39, 0.29) is 5.91 Å². The quantitative estimate of drug-likeness (QED) is 0.737. The number of benzene rings is 2. The number of likely N-dealkylation sites (tertiary alicyclic amines) is 1. The van der Waals surface area contributed by atoms with Gasteiger partial charge in [-0.3, -0.25) is 9.69 Å². The van der Waals surface area contributed by atoms with E-state index in [1.54, 1.807) is 14.2 Å². The van der Waals surface area contributed by atoms with Crippen LogP contribution in [0.1, 0.15) is 41.1 Å². The SMILES string of the molecule is COc1ccc(CCNC(=O)CN2CCCC2c2cc(C)cc(C)c2)cc1OC. The minimum absolute atomic E-state index is 0.0850. The summed E-state index contributed by atoms with van der Waals surface area (Å²) in [5, 5.41) is 3.07. The van der Waals surface area contributed by atoms with Gasteiger partial charge in [0.15, 0.2) is 11.5 Å². The first kappa shape index (κ1) is 21.2. The van der Waals surface area contributed by atoms with Crippen molar-refractivity contribution in [1.82, 2.24) is 10.2 Å². The first-order chi connectivity index (χ1) is 14.0. The van der Waals surface area contributed by atoms with Crippen molar-refractivity contribution >= 4 is 5.91 Å². The lowest BCUT2D eigenvalue weighted by atomic mass is 9.99.